The van der Waals surface area contributed by atoms with Gasteiger partial charge in [0.05, 0.1) is 5.75 Å². The van der Waals surface area contributed by atoms with Gasteiger partial charge in [0.15, 0.2) is 4.34 Å². The van der Waals surface area contributed by atoms with Crippen molar-refractivity contribution in [1.82, 2.24) is 20.4 Å². The fourth-order valence-electron chi connectivity index (χ4n) is 5.96. The van der Waals surface area contributed by atoms with Gasteiger partial charge in [0.1, 0.15) is 5.01 Å². The lowest BCUT2D eigenvalue weighted by molar-refractivity contribution is -0.124. The third kappa shape index (κ3) is 4.52. The summed E-state index contributed by atoms with van der Waals surface area (Å²) in [4.78, 5) is 24.7. The summed E-state index contributed by atoms with van der Waals surface area (Å²) in [7, 11) is 0. The summed E-state index contributed by atoms with van der Waals surface area (Å²) in [6.45, 7) is 1.84. The van der Waals surface area contributed by atoms with Crippen LogP contribution in [0.3, 0.4) is 0 Å². The molecular formula is C19H24N6O2S3. The number of aromatic nitrogens is 4. The average molecular weight is 465 g/mol. The van der Waals surface area contributed by atoms with Crippen molar-refractivity contribution < 1.29 is 9.59 Å². The van der Waals surface area contributed by atoms with Gasteiger partial charge in [0.25, 0.3) is 0 Å². The van der Waals surface area contributed by atoms with Crippen molar-refractivity contribution in [2.45, 2.75) is 56.2 Å². The molecule has 4 fully saturated rings. The largest absolute Gasteiger partial charge is 0.300 e. The van der Waals surface area contributed by atoms with E-state index in [-0.39, 0.29) is 23.0 Å². The Morgan fingerprint density at radius 2 is 1.53 bits per heavy atom. The molecule has 0 unspecified atom stereocenters. The first-order valence-electron chi connectivity index (χ1n) is 10.3. The van der Waals surface area contributed by atoms with Gasteiger partial charge < -0.3 is 5.32 Å². The fourth-order valence-corrected chi connectivity index (χ4v) is 8.14. The number of anilines is 2. The number of nitrogens with zero attached hydrogens (tertiary/aromatic N) is 4. The second-order valence-electron chi connectivity index (χ2n) is 8.98. The maximum Gasteiger partial charge on any atom is 0.236 e. The van der Waals surface area contributed by atoms with Gasteiger partial charge in [-0.15, -0.1) is 20.4 Å². The van der Waals surface area contributed by atoms with Gasteiger partial charge in [0.2, 0.25) is 22.1 Å². The molecule has 11 heteroatoms. The predicted molar refractivity (Wildman–Crippen MR) is 118 cm³/mol. The van der Waals surface area contributed by atoms with E-state index in [1.807, 2.05) is 6.92 Å². The van der Waals surface area contributed by atoms with Crippen LogP contribution in [0.5, 0.6) is 0 Å². The molecule has 0 spiro atoms. The lowest BCUT2D eigenvalue weighted by Gasteiger charge is -2.56. The highest BCUT2D eigenvalue weighted by molar-refractivity contribution is 8.01. The van der Waals surface area contributed by atoms with Crippen molar-refractivity contribution in [3.05, 3.63) is 5.01 Å². The zero-order chi connectivity index (χ0) is 20.7. The molecule has 2 aromatic rings. The van der Waals surface area contributed by atoms with Gasteiger partial charge in [0, 0.05) is 6.42 Å². The number of carbonyl (C=O) groups excluding carboxylic acids is 2. The second-order valence-corrected chi connectivity index (χ2v) is 12.4. The Labute approximate surface area is 187 Å². The lowest BCUT2D eigenvalue weighted by atomic mass is 9.49. The van der Waals surface area contributed by atoms with E-state index in [2.05, 4.69) is 31.0 Å². The molecule has 4 aliphatic rings. The third-order valence-corrected chi connectivity index (χ3v) is 9.18. The van der Waals surface area contributed by atoms with E-state index in [9.17, 15) is 9.59 Å². The van der Waals surface area contributed by atoms with Crippen LogP contribution in [0, 0.1) is 30.1 Å². The lowest BCUT2D eigenvalue weighted by Crippen LogP contribution is -2.47. The second kappa shape index (κ2) is 8.16. The molecule has 2 heterocycles. The Morgan fingerprint density at radius 1 is 0.933 bits per heavy atom. The van der Waals surface area contributed by atoms with E-state index in [1.165, 1.54) is 73.0 Å². The highest BCUT2D eigenvalue weighted by atomic mass is 32.2. The number of carbonyl (C=O) groups is 2. The Morgan fingerprint density at radius 3 is 2.17 bits per heavy atom. The molecule has 0 aromatic carbocycles. The van der Waals surface area contributed by atoms with Crippen molar-refractivity contribution in [1.29, 1.82) is 0 Å². The Hall–Kier alpha value is -1.59. The first-order valence-corrected chi connectivity index (χ1v) is 12.9. The molecule has 6 rings (SSSR count). The predicted octanol–water partition coefficient (Wildman–Crippen LogP) is 3.97. The van der Waals surface area contributed by atoms with Crippen LogP contribution in [-0.4, -0.2) is 38.0 Å². The van der Waals surface area contributed by atoms with Crippen molar-refractivity contribution in [3.63, 3.8) is 0 Å². The van der Waals surface area contributed by atoms with Crippen LogP contribution in [0.1, 0.15) is 50.0 Å². The maximum atomic E-state index is 12.7. The van der Waals surface area contributed by atoms with Crippen LogP contribution in [0.15, 0.2) is 4.34 Å². The first-order chi connectivity index (χ1) is 14.4. The summed E-state index contributed by atoms with van der Waals surface area (Å²) in [5.74, 6) is 2.60. The summed E-state index contributed by atoms with van der Waals surface area (Å²) in [6, 6.07) is 0. The van der Waals surface area contributed by atoms with E-state index in [0.29, 0.717) is 21.0 Å². The molecule has 160 valence electrons. The number of hydrogen-bond acceptors (Lipinski definition) is 9. The quantitative estimate of drug-likeness (QED) is 0.471. The van der Waals surface area contributed by atoms with E-state index >= 15 is 0 Å². The van der Waals surface area contributed by atoms with Gasteiger partial charge in [-0.25, -0.2) is 0 Å². The number of rotatable bonds is 7. The summed E-state index contributed by atoms with van der Waals surface area (Å²) in [5, 5.41) is 23.4. The topological polar surface area (TPSA) is 110 Å². The molecule has 30 heavy (non-hydrogen) atoms. The van der Waals surface area contributed by atoms with E-state index in [1.54, 1.807) is 0 Å². The molecule has 0 saturated heterocycles. The maximum absolute atomic E-state index is 12.7. The normalized spacial score (nSPS) is 29.2. The smallest absolute Gasteiger partial charge is 0.236 e. The molecule has 4 aliphatic carbocycles. The molecule has 4 saturated carbocycles. The van der Waals surface area contributed by atoms with Gasteiger partial charge in [-0.05, 0) is 68.6 Å². The summed E-state index contributed by atoms with van der Waals surface area (Å²) < 4.78 is 0.656. The molecule has 0 atom stereocenters. The minimum absolute atomic E-state index is 0.0500. The molecule has 0 aliphatic heterocycles. The minimum atomic E-state index is -0.168. The number of hydrogen-bond donors (Lipinski definition) is 2. The number of thioether (sulfide) groups is 1. The van der Waals surface area contributed by atoms with Gasteiger partial charge >= 0.3 is 0 Å². The molecule has 4 bridgehead atoms. The van der Waals surface area contributed by atoms with Crippen molar-refractivity contribution >= 4 is 56.5 Å². The zero-order valence-electron chi connectivity index (χ0n) is 16.7. The summed E-state index contributed by atoms with van der Waals surface area (Å²) in [5.41, 5.74) is 0.211. The molecule has 2 N–H and O–H groups in total. The van der Waals surface area contributed by atoms with Crippen LogP contribution >= 0.6 is 34.4 Å². The van der Waals surface area contributed by atoms with Crippen LogP contribution < -0.4 is 10.6 Å². The Bertz CT molecular complexity index is 922. The third-order valence-electron chi connectivity index (χ3n) is 6.45. The number of aryl methyl sites for hydroxylation is 1. The molecule has 2 aromatic heterocycles. The molecule has 2 amide bonds. The van der Waals surface area contributed by atoms with Gasteiger partial charge in [-0.2, -0.15) is 0 Å². The van der Waals surface area contributed by atoms with Crippen molar-refractivity contribution in [2.24, 2.45) is 23.2 Å². The van der Waals surface area contributed by atoms with Gasteiger partial charge in [-0.1, -0.05) is 34.4 Å². The molecular weight excluding hydrogens is 440 g/mol. The first kappa shape index (κ1) is 20.3. The van der Waals surface area contributed by atoms with E-state index in [0.717, 1.165) is 22.8 Å². The zero-order valence-corrected chi connectivity index (χ0v) is 19.2. The highest BCUT2D eigenvalue weighted by Gasteiger charge is 2.51. The Kier molecular flexibility index (Phi) is 5.53. The Balaban J connectivity index is 1.11. The van der Waals surface area contributed by atoms with Crippen LogP contribution in [-0.2, 0) is 9.59 Å². The number of nitrogens with one attached hydrogen (secondary N) is 2. The van der Waals surface area contributed by atoms with Crippen molar-refractivity contribution in [3.8, 4) is 0 Å². The average Bonchev–Trinajstić information content (AvgIpc) is 3.27. The standard InChI is InChI=1S/C19H24N6O2S3/c1-10-22-23-16(29-10)21-15(27)9-28-18-25-24-17(30-18)20-14(26)8-19-5-11-2-12(6-19)4-13(3-11)7-19/h11-13H,2-9H2,1H3,(H,20,24,26)(H,21,23,27). The van der Waals surface area contributed by atoms with Gasteiger partial charge in [-0.3, -0.25) is 14.9 Å². The van der Waals surface area contributed by atoms with Crippen LogP contribution in [0.4, 0.5) is 10.3 Å². The van der Waals surface area contributed by atoms with Crippen molar-refractivity contribution in [2.75, 3.05) is 16.4 Å². The summed E-state index contributed by atoms with van der Waals surface area (Å²) >= 11 is 3.94. The van der Waals surface area contributed by atoms with E-state index < -0.39 is 0 Å². The highest BCUT2D eigenvalue weighted by Crippen LogP contribution is 2.61. The SMILES string of the molecule is Cc1nnc(NC(=O)CSc2nnc(NC(=O)CC34CC5CC(CC(C5)C3)C4)s2)s1. The minimum Gasteiger partial charge on any atom is -0.300 e. The van der Waals surface area contributed by atoms with Crippen LogP contribution in [0.2, 0.25) is 0 Å². The van der Waals surface area contributed by atoms with Crippen LogP contribution in [0.25, 0.3) is 0 Å². The fraction of sp³-hybridized carbons (Fsp3) is 0.684. The molecule has 8 nitrogen and oxygen atoms in total. The number of amides is 2. The monoisotopic (exact) mass is 464 g/mol. The van der Waals surface area contributed by atoms with E-state index in [4.69, 9.17) is 0 Å². The summed E-state index contributed by atoms with van der Waals surface area (Å²) in [6.07, 6.45) is 8.38. The molecule has 0 radical (unpaired) electrons.